The molecule has 0 aromatic rings. The molecule has 0 radical (unpaired) electrons. The molecule has 4 N–H and O–H groups in total. The van der Waals surface area contributed by atoms with Crippen molar-refractivity contribution in [2.75, 3.05) is 39.6 Å². The van der Waals surface area contributed by atoms with Crippen LogP contribution in [0.1, 0.15) is 367 Å². The molecule has 0 bridgehead atoms. The molecule has 5 unspecified atom stereocenters. The molecule has 0 saturated carbocycles. The first-order valence-electron chi connectivity index (χ1n) is 46.7. The van der Waals surface area contributed by atoms with E-state index >= 15 is 0 Å². The van der Waals surface area contributed by atoms with E-state index in [9.17, 15) is 43.5 Å². The third-order valence-electron chi connectivity index (χ3n) is 19.3. The summed E-state index contributed by atoms with van der Waals surface area (Å²) in [4.78, 5) is 59.0. The molecule has 5 atom stereocenters. The minimum atomic E-state index is -4.96. The highest BCUT2D eigenvalue weighted by molar-refractivity contribution is 7.47. The van der Waals surface area contributed by atoms with Gasteiger partial charge in [-0.3, -0.25) is 32.5 Å². The highest BCUT2D eigenvalue weighted by Crippen LogP contribution is 2.45. The maximum atomic E-state index is 13.0. The van der Waals surface area contributed by atoms with Crippen molar-refractivity contribution in [3.63, 3.8) is 0 Å². The Morgan fingerprint density at radius 1 is 0.244 bits per heavy atom. The highest BCUT2D eigenvalue weighted by Gasteiger charge is 2.29. The van der Waals surface area contributed by atoms with Crippen LogP contribution in [0.25, 0.3) is 0 Å². The van der Waals surface area contributed by atoms with Crippen molar-refractivity contribution in [1.29, 1.82) is 0 Å². The van der Waals surface area contributed by atoms with Gasteiger partial charge < -0.3 is 34.2 Å². The van der Waals surface area contributed by atoms with E-state index in [1.54, 1.807) is 0 Å². The number of ether oxygens (including phenoxy) is 3. The Morgan fingerprint density at radius 2 is 0.445 bits per heavy atom. The molecular weight excluding hydrogens is 1530 g/mol. The van der Waals surface area contributed by atoms with Crippen LogP contribution in [-0.4, -0.2) is 95.9 Å². The number of aliphatic hydroxyl groups excluding tert-OH is 2. The Hall–Kier alpha value is -5.61. The van der Waals surface area contributed by atoms with E-state index in [0.29, 0.717) is 25.7 Å². The van der Waals surface area contributed by atoms with E-state index in [4.69, 9.17) is 32.3 Å². The Bertz CT molecular complexity index is 2940. The van der Waals surface area contributed by atoms with Crippen molar-refractivity contribution in [2.24, 2.45) is 0 Å². The zero-order chi connectivity index (χ0) is 86.5. The molecule has 0 amide bonds. The number of phosphoric ester groups is 2. The molecule has 0 aromatic heterocycles. The van der Waals surface area contributed by atoms with Crippen LogP contribution in [0.3, 0.4) is 0 Å². The van der Waals surface area contributed by atoms with Crippen molar-refractivity contribution >= 4 is 33.6 Å². The van der Waals surface area contributed by atoms with Crippen molar-refractivity contribution in [1.82, 2.24) is 0 Å². The van der Waals surface area contributed by atoms with E-state index < -0.39 is 91.5 Å². The third kappa shape index (κ3) is 92.9. The first kappa shape index (κ1) is 113. The largest absolute Gasteiger partial charge is 0.472 e. The molecule has 0 aliphatic rings. The number of carbonyl (C=O) groups is 3. The van der Waals surface area contributed by atoms with Crippen LogP contribution in [-0.2, 0) is 55.8 Å². The third-order valence-corrected chi connectivity index (χ3v) is 21.2. The fourth-order valence-corrected chi connectivity index (χ4v) is 13.9. The number of esters is 3. The minimum absolute atomic E-state index is 0.0432. The lowest BCUT2D eigenvalue weighted by Gasteiger charge is -2.21. The van der Waals surface area contributed by atoms with Gasteiger partial charge in [0.2, 0.25) is 0 Å². The molecular formula is C101H168O16P2. The predicted molar refractivity (Wildman–Crippen MR) is 500 cm³/mol. The second kappa shape index (κ2) is 91.6. The summed E-state index contributed by atoms with van der Waals surface area (Å²) in [6.45, 7) is 2.40. The van der Waals surface area contributed by atoms with Crippen LogP contribution in [0.5, 0.6) is 0 Å². The summed E-state index contributed by atoms with van der Waals surface area (Å²) in [7, 11) is -9.83. The first-order valence-corrected chi connectivity index (χ1v) is 49.7. The lowest BCUT2D eigenvalue weighted by Crippen LogP contribution is -2.30. The molecule has 0 aliphatic carbocycles. The van der Waals surface area contributed by atoms with E-state index in [-0.39, 0.29) is 19.3 Å². The summed E-state index contributed by atoms with van der Waals surface area (Å²) in [5, 5.41) is 20.7. The highest BCUT2D eigenvalue weighted by atomic mass is 31.2. The van der Waals surface area contributed by atoms with Gasteiger partial charge >= 0.3 is 33.6 Å². The standard InChI is InChI=1S/C101H168O16P2/c1-4-7-10-13-16-19-22-25-28-31-34-37-39-41-43-44-45-46-47-48-49-50-52-54-55-58-60-63-66-69-72-75-78-81-84-87-99(104)111-90-96(102)91-113-118(107,108)114-92-97(103)93-115-119(109,110)116-95-98(117-101(106)89-86-83-80-77-74-71-68-65-62-57-36-33-30-27-24-21-18-15-12-9-6-3)94-112-100(105)88-85-82-79-76-73-70-67-64-61-59-56-53-51-42-40-38-35-32-29-26-23-20-17-14-11-8-5-2/h7,9-10,12,16-21,25-30,34-38,41-43,45-46,51,57,65,68,74,77,96-98,102-103H,4-6,8,11,13-15,22-24,31-33,39-40,44,47-50,52-56,58-64,66-67,69-73,75-76,78-95H2,1-3H3,(H,107,108)(H,109,110)/b10-7-,12-9-,19-16-,20-17-,21-18-,28-25-,29-26-,30-27-,37-34-,38-35-,43-41-,46-45-,51-42-,57-36-,68-65-,77-74-. The molecule has 18 heteroatoms. The molecule has 0 saturated heterocycles. The van der Waals surface area contributed by atoms with Gasteiger partial charge in [0.1, 0.15) is 25.4 Å². The van der Waals surface area contributed by atoms with Crippen molar-refractivity contribution in [3.8, 4) is 0 Å². The Morgan fingerprint density at radius 3 is 0.723 bits per heavy atom. The second-order valence-electron chi connectivity index (χ2n) is 30.7. The number of rotatable bonds is 87. The lowest BCUT2D eigenvalue weighted by molar-refractivity contribution is -0.161. The predicted octanol–water partition coefficient (Wildman–Crippen LogP) is 29.0. The molecule has 0 aliphatic heterocycles. The number of allylic oxidation sites excluding steroid dienone is 32. The molecule has 0 rings (SSSR count). The molecule has 678 valence electrons. The van der Waals surface area contributed by atoms with Gasteiger partial charge in [0.15, 0.2) is 6.10 Å². The maximum absolute atomic E-state index is 13.0. The SMILES string of the molecule is CC/C=C\C/C=C\C/C=C\C/C=C\C/C=C\C/C=C\CCCCCCCCCCCCCCCCCCC(=O)OCC(O)COP(=O)(O)OCC(O)COP(=O)(O)OCC(COC(=O)CCCCCCCCCCCCC/C=C\C/C=C\C/C=C\C/C=C\CCCCC)OC(=O)CCCC/C=C\C/C=C\C/C=C\C/C=C\C/C=C\C/C=C\CC. The number of phosphoric acid groups is 2. The van der Waals surface area contributed by atoms with Crippen LogP contribution in [0.15, 0.2) is 194 Å². The number of hydrogen-bond acceptors (Lipinski definition) is 14. The average Bonchev–Trinajstić information content (AvgIpc) is 0.905. The summed E-state index contributed by atoms with van der Waals surface area (Å²) in [6.07, 6.45) is 122. The van der Waals surface area contributed by atoms with Gasteiger partial charge in [0.25, 0.3) is 0 Å². The summed E-state index contributed by atoms with van der Waals surface area (Å²) in [5.41, 5.74) is 0. The summed E-state index contributed by atoms with van der Waals surface area (Å²) in [5.74, 6) is -1.63. The minimum Gasteiger partial charge on any atom is -0.463 e. The number of hydrogen-bond donors (Lipinski definition) is 4. The fourth-order valence-electron chi connectivity index (χ4n) is 12.3. The first-order chi connectivity index (χ1) is 58.2. The van der Waals surface area contributed by atoms with Crippen LogP contribution < -0.4 is 0 Å². The van der Waals surface area contributed by atoms with Crippen molar-refractivity contribution in [3.05, 3.63) is 194 Å². The summed E-state index contributed by atoms with van der Waals surface area (Å²) < 4.78 is 61.4. The van der Waals surface area contributed by atoms with Gasteiger partial charge in [-0.2, -0.15) is 0 Å². The van der Waals surface area contributed by atoms with Crippen LogP contribution in [0.2, 0.25) is 0 Å². The fraction of sp³-hybridized carbons (Fsp3) is 0.653. The van der Waals surface area contributed by atoms with Crippen molar-refractivity contribution < 1.29 is 75.8 Å². The second-order valence-corrected chi connectivity index (χ2v) is 33.6. The normalized spacial score (nSPS) is 14.6. The van der Waals surface area contributed by atoms with Crippen LogP contribution >= 0.6 is 15.6 Å². The molecule has 119 heavy (non-hydrogen) atoms. The Kier molecular flexibility index (Phi) is 87.3. The van der Waals surface area contributed by atoms with E-state index in [0.717, 1.165) is 154 Å². The van der Waals surface area contributed by atoms with Crippen LogP contribution in [0, 0.1) is 0 Å². The van der Waals surface area contributed by atoms with E-state index in [1.165, 1.54) is 148 Å². The van der Waals surface area contributed by atoms with Gasteiger partial charge in [0.05, 0.1) is 26.4 Å². The number of aliphatic hydroxyl groups is 2. The maximum Gasteiger partial charge on any atom is 0.472 e. The summed E-state index contributed by atoms with van der Waals surface area (Å²) >= 11 is 0. The molecule has 0 aromatic carbocycles. The van der Waals surface area contributed by atoms with E-state index in [1.807, 2.05) is 0 Å². The average molecular weight is 1700 g/mol. The monoisotopic (exact) mass is 1700 g/mol. The number of carbonyl (C=O) groups excluding carboxylic acids is 3. The summed E-state index contributed by atoms with van der Waals surface area (Å²) in [6, 6.07) is 0. The van der Waals surface area contributed by atoms with Gasteiger partial charge in [-0.15, -0.1) is 0 Å². The van der Waals surface area contributed by atoms with Gasteiger partial charge in [-0.25, -0.2) is 9.13 Å². The molecule has 16 nitrogen and oxygen atoms in total. The smallest absolute Gasteiger partial charge is 0.463 e. The van der Waals surface area contributed by atoms with E-state index in [2.05, 4.69) is 215 Å². The number of unbranched alkanes of at least 4 members (excludes halogenated alkanes) is 32. The van der Waals surface area contributed by atoms with Gasteiger partial charge in [-0.1, -0.05) is 376 Å². The van der Waals surface area contributed by atoms with Crippen LogP contribution in [0.4, 0.5) is 0 Å². The quantitative estimate of drug-likeness (QED) is 0.0146. The topological polar surface area (TPSA) is 231 Å². The Labute approximate surface area is 725 Å². The van der Waals surface area contributed by atoms with Crippen molar-refractivity contribution in [2.45, 2.75) is 386 Å². The van der Waals surface area contributed by atoms with Gasteiger partial charge in [-0.05, 0) is 167 Å². The molecule has 0 spiro atoms. The molecule has 0 fully saturated rings. The zero-order valence-electron chi connectivity index (χ0n) is 74.7. The zero-order valence-corrected chi connectivity index (χ0v) is 76.5. The lowest BCUT2D eigenvalue weighted by atomic mass is 10.0. The van der Waals surface area contributed by atoms with Gasteiger partial charge in [0, 0.05) is 19.3 Å². The Balaban J connectivity index is 4.58. The molecule has 0 heterocycles.